The molecule has 0 bridgehead atoms. The Morgan fingerprint density at radius 2 is 1.79 bits per heavy atom. The number of hydrogen-bond donors (Lipinski definition) is 1. The van der Waals surface area contributed by atoms with E-state index in [1.807, 2.05) is 61.5 Å². The normalized spacial score (nSPS) is 10.4. The lowest BCUT2D eigenvalue weighted by molar-refractivity contribution is 0.0954. The predicted molar refractivity (Wildman–Crippen MR) is 96.9 cm³/mol. The molecule has 0 unspecified atom stereocenters. The lowest BCUT2D eigenvalue weighted by Crippen LogP contribution is -2.25. The Labute approximate surface area is 142 Å². The van der Waals surface area contributed by atoms with Gasteiger partial charge in [-0.05, 0) is 47.9 Å². The molecule has 0 radical (unpaired) electrons. The monoisotopic (exact) mass is 316 g/mol. The number of aromatic nitrogens is 1. The third kappa shape index (κ3) is 3.87. The topological polar surface area (TPSA) is 42.0 Å². The molecular formula is C21H20N2O. The van der Waals surface area contributed by atoms with Crippen molar-refractivity contribution in [2.24, 2.45) is 0 Å². The highest BCUT2D eigenvalue weighted by Crippen LogP contribution is 2.23. The first kappa shape index (κ1) is 15.9. The fraction of sp³-hybridized carbons (Fsp3) is 0.143. The summed E-state index contributed by atoms with van der Waals surface area (Å²) in [5, 5.41) is 2.95. The van der Waals surface area contributed by atoms with Crippen LogP contribution in [-0.4, -0.2) is 17.4 Å². The first-order chi connectivity index (χ1) is 11.7. The van der Waals surface area contributed by atoms with E-state index in [1.165, 1.54) is 0 Å². The van der Waals surface area contributed by atoms with E-state index in [4.69, 9.17) is 0 Å². The molecule has 0 saturated carbocycles. The number of pyridine rings is 1. The third-order valence-corrected chi connectivity index (χ3v) is 3.97. The maximum Gasteiger partial charge on any atom is 0.251 e. The van der Waals surface area contributed by atoms with Crippen molar-refractivity contribution in [2.45, 2.75) is 13.3 Å². The van der Waals surface area contributed by atoms with Gasteiger partial charge in [0.25, 0.3) is 5.91 Å². The van der Waals surface area contributed by atoms with Crippen LogP contribution in [0.25, 0.3) is 11.1 Å². The number of nitrogens with zero attached hydrogens (tertiary/aromatic N) is 1. The molecule has 1 amide bonds. The van der Waals surface area contributed by atoms with Crippen LogP contribution in [0.5, 0.6) is 0 Å². The summed E-state index contributed by atoms with van der Waals surface area (Å²) in [6.07, 6.45) is 2.50. The zero-order chi connectivity index (χ0) is 16.8. The molecule has 0 aliphatic rings. The summed E-state index contributed by atoms with van der Waals surface area (Å²) in [4.78, 5) is 16.6. The van der Waals surface area contributed by atoms with Gasteiger partial charge >= 0.3 is 0 Å². The van der Waals surface area contributed by atoms with Gasteiger partial charge in [-0.15, -0.1) is 0 Å². The van der Waals surface area contributed by atoms with Crippen LogP contribution >= 0.6 is 0 Å². The molecule has 3 nitrogen and oxygen atoms in total. The number of amides is 1. The molecule has 3 aromatic rings. The molecule has 0 aliphatic carbocycles. The minimum absolute atomic E-state index is 0.0476. The van der Waals surface area contributed by atoms with E-state index < -0.39 is 0 Å². The number of nitrogens with one attached hydrogen (secondary N) is 1. The molecule has 120 valence electrons. The van der Waals surface area contributed by atoms with Crippen LogP contribution in [0.15, 0.2) is 72.9 Å². The van der Waals surface area contributed by atoms with Crippen molar-refractivity contribution >= 4 is 5.91 Å². The third-order valence-electron chi connectivity index (χ3n) is 3.97. The van der Waals surface area contributed by atoms with Crippen LogP contribution in [0.1, 0.15) is 21.6 Å². The molecule has 1 N–H and O–H groups in total. The summed E-state index contributed by atoms with van der Waals surface area (Å²) in [5.41, 5.74) is 5.08. The van der Waals surface area contributed by atoms with E-state index in [2.05, 4.69) is 22.4 Å². The van der Waals surface area contributed by atoms with E-state index >= 15 is 0 Å². The molecule has 0 atom stereocenters. The van der Waals surface area contributed by atoms with Gasteiger partial charge in [-0.25, -0.2) is 0 Å². The summed E-state index contributed by atoms with van der Waals surface area (Å²) < 4.78 is 0. The zero-order valence-electron chi connectivity index (χ0n) is 13.7. The van der Waals surface area contributed by atoms with Crippen molar-refractivity contribution in [3.63, 3.8) is 0 Å². The van der Waals surface area contributed by atoms with Crippen molar-refractivity contribution < 1.29 is 4.79 Å². The Hall–Kier alpha value is -2.94. The van der Waals surface area contributed by atoms with Crippen LogP contribution in [0.3, 0.4) is 0 Å². The number of carbonyl (C=O) groups excluding carboxylic acids is 1. The fourth-order valence-electron chi connectivity index (χ4n) is 2.70. The summed E-state index contributed by atoms with van der Waals surface area (Å²) >= 11 is 0. The van der Waals surface area contributed by atoms with Gasteiger partial charge in [0, 0.05) is 30.4 Å². The second kappa shape index (κ2) is 7.55. The van der Waals surface area contributed by atoms with E-state index in [0.717, 1.165) is 28.8 Å². The van der Waals surface area contributed by atoms with Crippen LogP contribution < -0.4 is 5.32 Å². The minimum atomic E-state index is -0.0476. The Kier molecular flexibility index (Phi) is 5.02. The number of aryl methyl sites for hydroxylation is 1. The summed E-state index contributed by atoms with van der Waals surface area (Å²) in [6.45, 7) is 2.61. The highest BCUT2D eigenvalue weighted by molar-refractivity contribution is 5.95. The second-order valence-electron chi connectivity index (χ2n) is 5.72. The molecule has 0 fully saturated rings. The molecule has 2 aromatic carbocycles. The summed E-state index contributed by atoms with van der Waals surface area (Å²) in [6, 6.07) is 21.8. The number of hydrogen-bond acceptors (Lipinski definition) is 2. The molecule has 0 spiro atoms. The van der Waals surface area contributed by atoms with Gasteiger partial charge in [-0.2, -0.15) is 0 Å². The molecule has 3 heteroatoms. The highest BCUT2D eigenvalue weighted by atomic mass is 16.1. The Morgan fingerprint density at radius 3 is 2.50 bits per heavy atom. The van der Waals surface area contributed by atoms with Crippen molar-refractivity contribution in [2.75, 3.05) is 6.54 Å². The average Bonchev–Trinajstić information content (AvgIpc) is 2.63. The second-order valence-corrected chi connectivity index (χ2v) is 5.72. The molecular weight excluding hydrogens is 296 g/mol. The molecule has 0 saturated heterocycles. The quantitative estimate of drug-likeness (QED) is 0.772. The molecule has 1 heterocycles. The van der Waals surface area contributed by atoms with E-state index in [1.54, 1.807) is 6.20 Å². The maximum atomic E-state index is 12.3. The van der Waals surface area contributed by atoms with E-state index in [-0.39, 0.29) is 5.91 Å². The molecule has 1 aromatic heterocycles. The van der Waals surface area contributed by atoms with Crippen LogP contribution in [0.4, 0.5) is 0 Å². The average molecular weight is 316 g/mol. The smallest absolute Gasteiger partial charge is 0.251 e. The molecule has 24 heavy (non-hydrogen) atoms. The lowest BCUT2D eigenvalue weighted by Gasteiger charge is -2.09. The van der Waals surface area contributed by atoms with Crippen LogP contribution in [-0.2, 0) is 6.42 Å². The van der Waals surface area contributed by atoms with Crippen molar-refractivity contribution in [1.29, 1.82) is 0 Å². The number of rotatable bonds is 5. The first-order valence-corrected chi connectivity index (χ1v) is 8.08. The van der Waals surface area contributed by atoms with Gasteiger partial charge in [-0.1, -0.05) is 42.5 Å². The van der Waals surface area contributed by atoms with Crippen LogP contribution in [0, 0.1) is 6.92 Å². The predicted octanol–water partition coefficient (Wildman–Crippen LogP) is 4.03. The summed E-state index contributed by atoms with van der Waals surface area (Å²) in [7, 11) is 0. The summed E-state index contributed by atoms with van der Waals surface area (Å²) in [5.74, 6) is -0.0476. The largest absolute Gasteiger partial charge is 0.352 e. The zero-order valence-corrected chi connectivity index (χ0v) is 13.7. The maximum absolute atomic E-state index is 12.3. The van der Waals surface area contributed by atoms with Crippen LogP contribution in [0.2, 0.25) is 0 Å². The van der Waals surface area contributed by atoms with Gasteiger partial charge in [0.05, 0.1) is 0 Å². The fourth-order valence-corrected chi connectivity index (χ4v) is 2.70. The van der Waals surface area contributed by atoms with Crippen molar-refractivity contribution in [3.8, 4) is 11.1 Å². The number of benzene rings is 2. The standard InChI is InChI=1S/C21H20N2O/c1-16-15-18(10-11-20(16)17-7-3-2-4-8-17)21(24)23-14-12-19-9-5-6-13-22-19/h2-11,13,15H,12,14H2,1H3,(H,23,24). The lowest BCUT2D eigenvalue weighted by atomic mass is 9.98. The molecule has 0 aliphatic heterocycles. The number of carbonyl (C=O) groups is 1. The van der Waals surface area contributed by atoms with Crippen molar-refractivity contribution in [1.82, 2.24) is 10.3 Å². The minimum Gasteiger partial charge on any atom is -0.352 e. The Morgan fingerprint density at radius 1 is 1.00 bits per heavy atom. The Balaban J connectivity index is 1.64. The van der Waals surface area contributed by atoms with Gasteiger partial charge in [0.1, 0.15) is 0 Å². The van der Waals surface area contributed by atoms with Gasteiger partial charge in [-0.3, -0.25) is 9.78 Å². The van der Waals surface area contributed by atoms with E-state index in [0.29, 0.717) is 12.1 Å². The van der Waals surface area contributed by atoms with Gasteiger partial charge in [0.2, 0.25) is 0 Å². The highest BCUT2D eigenvalue weighted by Gasteiger charge is 2.08. The SMILES string of the molecule is Cc1cc(C(=O)NCCc2ccccn2)ccc1-c1ccccc1. The van der Waals surface area contributed by atoms with E-state index in [9.17, 15) is 4.79 Å². The molecule has 3 rings (SSSR count). The van der Waals surface area contributed by atoms with Gasteiger partial charge in [0.15, 0.2) is 0 Å². The first-order valence-electron chi connectivity index (χ1n) is 8.08. The Bertz CT molecular complexity index is 814. The van der Waals surface area contributed by atoms with Crippen molar-refractivity contribution in [3.05, 3.63) is 89.7 Å². The van der Waals surface area contributed by atoms with Gasteiger partial charge < -0.3 is 5.32 Å².